The number of carbonyl (C=O) groups excluding carboxylic acids is 3. The second-order valence-electron chi connectivity index (χ2n) is 30.3. The molecular weight excluding hydrogens is 1910 g/mol. The summed E-state index contributed by atoms with van der Waals surface area (Å²) in [6, 6.07) is 145. The van der Waals surface area contributed by atoms with Gasteiger partial charge in [0.1, 0.15) is 0 Å². The zero-order valence-corrected chi connectivity index (χ0v) is 87.2. The van der Waals surface area contributed by atoms with Gasteiger partial charge in [-0.15, -0.1) is 0 Å². The summed E-state index contributed by atoms with van der Waals surface area (Å²) in [5, 5.41) is 51.1. The standard InChI is InChI=1S/4C18H15P.C15H18N2O3.C14H21BO3.C7H9BrN2O2.CHO3.2Na.Pd/c4*1-4-10-16(11-5-1)19(17-12-6-2-7-13-17)18-14-8-3-9-15-18;1-11(18)12-4-3-5-13(8-12)14-9-16-17(10-14)7-6-15(19)20-2;1-10(16)11-7-6-8-12(9-11)15-17-13(2,3)14(4,5)18-15;1-12-7(11)2-3-10-5-6(8)4-9-10;2-1-4-3;;;/h4*1-15H;3-5,8-11,18H,6-7H2,1-2H3;6-10,16H,1-5H3;4-5H,2-3H2,1H3;3H;;;/q;;;;;;;-1;;;/t;;;;11-;10-;;;;;/m....11...../s1. The fourth-order valence-corrected chi connectivity index (χ4v) is 22.9. The predicted octanol–water partition coefficient (Wildman–Crippen LogP) is 18.0. The minimum Gasteiger partial charge on any atom is -0.509 e. The number of aliphatic hydroxyl groups excluding tert-OH is 2. The third kappa shape index (κ3) is 36.0. The van der Waals surface area contributed by atoms with Crippen LogP contribution in [-0.4, -0.2) is 145 Å². The molecule has 0 saturated carbocycles. The molecule has 14 aromatic carbocycles. The van der Waals surface area contributed by atoms with E-state index in [0.29, 0.717) is 25.9 Å². The van der Waals surface area contributed by atoms with Crippen LogP contribution in [0, 0.1) is 0 Å². The number of nitrogens with zero attached hydrogens (tertiary/aromatic N) is 4. The van der Waals surface area contributed by atoms with Crippen LogP contribution in [0.1, 0.15) is 77.7 Å². The summed E-state index contributed by atoms with van der Waals surface area (Å²) in [5.41, 5.74) is 3.97. The molecule has 0 unspecified atom stereocenters. The Hall–Kier alpha value is -9.36. The zero-order valence-electron chi connectivity index (χ0n) is 76.5. The minimum absolute atomic E-state index is 0. The van der Waals surface area contributed by atoms with E-state index in [1.807, 2.05) is 88.6 Å². The Labute approximate surface area is 855 Å². The van der Waals surface area contributed by atoms with E-state index in [2.05, 4.69) is 404 Å². The number of aliphatic hydroxyl groups is 2. The Kier molecular flexibility index (Phi) is 50.1. The number of rotatable bonds is 23. The molecule has 0 aliphatic carbocycles. The van der Waals surface area contributed by atoms with Gasteiger partial charge in [-0.3, -0.25) is 19.0 Å². The van der Waals surface area contributed by atoms with Crippen molar-refractivity contribution < 1.29 is 73.9 Å². The maximum Gasteiger partial charge on any atom is 0.494 e. The average Bonchev–Trinajstić information content (AvgIpc) is 1.62. The molecule has 1 aliphatic rings. The van der Waals surface area contributed by atoms with Crippen molar-refractivity contribution in [1.82, 2.24) is 19.6 Å². The number of hydrogen-bond donors (Lipinski definition) is 3. The Bertz CT molecular complexity index is 5040. The molecule has 1 saturated heterocycles. The number of carbonyl (C=O) groups is 2. The minimum atomic E-state index is -0.496. The van der Waals surface area contributed by atoms with Crippen LogP contribution in [0.2, 0.25) is 0 Å². The molecule has 2 atom stereocenters. The van der Waals surface area contributed by atoms with E-state index >= 15 is 0 Å². The molecule has 15 nitrogen and oxygen atoms in total. The van der Waals surface area contributed by atoms with Crippen LogP contribution in [0.3, 0.4) is 0 Å². The number of esters is 2. The maximum absolute atomic E-state index is 11.1. The van der Waals surface area contributed by atoms with E-state index in [9.17, 15) is 19.8 Å². The van der Waals surface area contributed by atoms with E-state index in [-0.39, 0.29) is 110 Å². The summed E-state index contributed by atoms with van der Waals surface area (Å²) in [6.45, 7) is 13.4. The van der Waals surface area contributed by atoms with Crippen LogP contribution in [0.25, 0.3) is 11.1 Å². The van der Waals surface area contributed by atoms with Crippen molar-refractivity contribution in [3.8, 4) is 11.1 Å². The molecule has 24 heteroatoms. The molecule has 1 aliphatic heterocycles. The van der Waals surface area contributed by atoms with Crippen molar-refractivity contribution in [2.45, 2.75) is 90.9 Å². The van der Waals surface area contributed by atoms with E-state index in [1.54, 1.807) is 35.6 Å². The van der Waals surface area contributed by atoms with Gasteiger partial charge >= 0.3 is 19.1 Å². The first-order valence-corrected chi connectivity index (χ1v) is 48.7. The van der Waals surface area contributed by atoms with Gasteiger partial charge in [0.25, 0.3) is 0 Å². The second kappa shape index (κ2) is 60.2. The van der Waals surface area contributed by atoms with Crippen LogP contribution in [-0.2, 0) is 71.6 Å². The van der Waals surface area contributed by atoms with Crippen molar-refractivity contribution in [3.05, 3.63) is 453 Å². The van der Waals surface area contributed by atoms with Gasteiger partial charge in [-0.2, -0.15) is 10.2 Å². The third-order valence-electron chi connectivity index (χ3n) is 20.6. The first-order chi connectivity index (χ1) is 63.3. The summed E-state index contributed by atoms with van der Waals surface area (Å²) >= 11 is 3.26. The first kappa shape index (κ1) is 111. The van der Waals surface area contributed by atoms with Gasteiger partial charge < -0.3 is 38.7 Å². The van der Waals surface area contributed by atoms with Crippen LogP contribution >= 0.6 is 47.6 Å². The van der Waals surface area contributed by atoms with Gasteiger partial charge in [0.05, 0.1) is 80.4 Å². The van der Waals surface area contributed by atoms with Crippen molar-refractivity contribution in [2.24, 2.45) is 0 Å². The SMILES string of the molecule is COC(=O)CCn1cc(-c2cccc([C@@H](C)O)c2)cn1.COC(=O)CCn1cc(Br)cn1.C[C@@H](O)c1cccc(B2OC(C)(C)C(C)(C)O2)c1.O=[C-]OO.[Na].[Na].[Pd].c1ccc(P(c2ccccc2)c2ccccc2)cc1.c1ccc(P(c2ccccc2)c2ccccc2)cc1.c1ccc(P(c2ccccc2)c2ccccc2)cc1.c1ccc(P(c2ccccc2)c2ccccc2)cc1. The molecule has 3 N–H and O–H groups in total. The number of halogens is 1. The smallest absolute Gasteiger partial charge is 0.494 e. The van der Waals surface area contributed by atoms with Gasteiger partial charge in [-0.25, -0.2) is 5.26 Å². The van der Waals surface area contributed by atoms with Gasteiger partial charge in [0.2, 0.25) is 0 Å². The van der Waals surface area contributed by atoms with Gasteiger partial charge in [0.15, 0.2) is 0 Å². The molecule has 0 amide bonds. The molecular formula is C109H109BBrN4Na2O11P4Pd-. The molecule has 674 valence electrons. The van der Waals surface area contributed by atoms with E-state index in [0.717, 1.165) is 38.7 Å². The van der Waals surface area contributed by atoms with Gasteiger partial charge in [0, 0.05) is 97.5 Å². The summed E-state index contributed by atoms with van der Waals surface area (Å²) < 4.78 is 25.3. The third-order valence-corrected chi connectivity index (χ3v) is 30.8. The fraction of sp³-hybridized carbons (Fsp3) is 0.147. The molecule has 3 heterocycles. The van der Waals surface area contributed by atoms with E-state index < -0.39 is 43.9 Å². The first-order valence-electron chi connectivity index (χ1n) is 42.5. The number of methoxy groups -OCH3 is 2. The average molecular weight is 2020 g/mol. The Morgan fingerprint density at radius 1 is 0.376 bits per heavy atom. The Morgan fingerprint density at radius 2 is 0.609 bits per heavy atom. The topological polar surface area (TPSA) is 194 Å². The Balaban J connectivity index is 0.000000210. The number of benzene rings is 14. The number of aromatic nitrogens is 4. The second-order valence-corrected chi connectivity index (χ2v) is 40.1. The monoisotopic (exact) mass is 2020 g/mol. The van der Waals surface area contributed by atoms with Crippen molar-refractivity contribution >= 4 is 201 Å². The molecule has 0 spiro atoms. The number of hydrogen-bond acceptors (Lipinski definition) is 13. The zero-order chi connectivity index (χ0) is 92.1. The van der Waals surface area contributed by atoms with Gasteiger partial charge in [-0.1, -0.05) is 406 Å². The molecule has 16 aromatic rings. The largest absolute Gasteiger partial charge is 0.509 e. The van der Waals surface area contributed by atoms with E-state index in [1.165, 1.54) is 77.9 Å². The molecule has 2 radical (unpaired) electrons. The number of aryl methyl sites for hydroxylation is 2. The molecule has 1 fully saturated rings. The summed E-state index contributed by atoms with van der Waals surface area (Å²) in [7, 11) is 0.599. The maximum atomic E-state index is 11.1. The van der Waals surface area contributed by atoms with Crippen molar-refractivity contribution in [1.29, 1.82) is 0 Å². The molecule has 2 aromatic heterocycles. The van der Waals surface area contributed by atoms with E-state index in [4.69, 9.17) is 19.4 Å². The molecule has 17 rings (SSSR count). The summed E-state index contributed by atoms with van der Waals surface area (Å²) in [4.78, 5) is 33.1. The Morgan fingerprint density at radius 3 is 0.835 bits per heavy atom. The van der Waals surface area contributed by atoms with Crippen LogP contribution in [0.5, 0.6) is 0 Å². The van der Waals surface area contributed by atoms with Crippen molar-refractivity contribution in [3.63, 3.8) is 0 Å². The normalized spacial score (nSPS) is 12.0. The van der Waals surface area contributed by atoms with Gasteiger partial charge in [-0.05, 0) is 188 Å². The predicted molar refractivity (Wildman–Crippen MR) is 556 cm³/mol. The summed E-state index contributed by atoms with van der Waals surface area (Å²) in [6.07, 6.45) is 6.79. The summed E-state index contributed by atoms with van der Waals surface area (Å²) in [5.74, 6) is -0.472. The van der Waals surface area contributed by atoms with Crippen molar-refractivity contribution in [2.75, 3.05) is 14.2 Å². The quantitative estimate of drug-likeness (QED) is 0.0104. The molecule has 133 heavy (non-hydrogen) atoms. The molecule has 0 bridgehead atoms. The van der Waals surface area contributed by atoms with Crippen LogP contribution < -0.4 is 69.1 Å². The number of ether oxygens (including phenoxy) is 2. The van der Waals surface area contributed by atoms with Crippen LogP contribution in [0.4, 0.5) is 0 Å². The fourth-order valence-electron chi connectivity index (χ4n) is 13.3. The van der Waals surface area contributed by atoms with Crippen LogP contribution in [0.15, 0.2) is 442 Å².